The van der Waals surface area contributed by atoms with E-state index in [4.69, 9.17) is 9.15 Å². The van der Waals surface area contributed by atoms with Gasteiger partial charge >= 0.3 is 5.97 Å². The van der Waals surface area contributed by atoms with Crippen LogP contribution in [0.3, 0.4) is 0 Å². The van der Waals surface area contributed by atoms with E-state index in [9.17, 15) is 4.79 Å². The number of ether oxygens (including phenoxy) is 1. The van der Waals surface area contributed by atoms with Gasteiger partial charge in [-0.1, -0.05) is 73.9 Å². The summed E-state index contributed by atoms with van der Waals surface area (Å²) in [5.74, 6) is 1.70. The van der Waals surface area contributed by atoms with Crippen molar-refractivity contribution in [2.24, 2.45) is 11.8 Å². The highest BCUT2D eigenvalue weighted by molar-refractivity contribution is 5.83. The highest BCUT2D eigenvalue weighted by atomic mass is 16.5. The van der Waals surface area contributed by atoms with Crippen LogP contribution in [0.4, 0.5) is 0 Å². The van der Waals surface area contributed by atoms with E-state index in [1.807, 2.05) is 54.6 Å². The molecule has 0 amide bonds. The summed E-state index contributed by atoms with van der Waals surface area (Å²) in [6, 6.07) is 20.0. The van der Waals surface area contributed by atoms with Crippen LogP contribution in [0.5, 0.6) is 0 Å². The minimum atomic E-state index is -0.504. The topological polar surface area (TPSA) is 77.2 Å². The Kier molecular flexibility index (Phi) is 7.61. The second-order valence-corrected chi connectivity index (χ2v) is 10.1. The minimum absolute atomic E-state index is 0.0434. The lowest BCUT2D eigenvalue weighted by atomic mass is 9.67. The molecule has 2 saturated carbocycles. The van der Waals surface area contributed by atoms with E-state index in [-0.39, 0.29) is 18.0 Å². The van der Waals surface area contributed by atoms with Crippen LogP contribution < -0.4 is 5.32 Å². The van der Waals surface area contributed by atoms with E-state index in [0.29, 0.717) is 24.2 Å². The zero-order valence-corrected chi connectivity index (χ0v) is 20.8. The third-order valence-corrected chi connectivity index (χ3v) is 7.94. The number of aromatic nitrogens is 2. The van der Waals surface area contributed by atoms with E-state index >= 15 is 0 Å². The van der Waals surface area contributed by atoms with Gasteiger partial charge in [0.15, 0.2) is 0 Å². The van der Waals surface area contributed by atoms with E-state index in [0.717, 1.165) is 56.2 Å². The first-order valence-corrected chi connectivity index (χ1v) is 13.2. The maximum Gasteiger partial charge on any atom is 0.316 e. The minimum Gasteiger partial charge on any atom is -0.461 e. The highest BCUT2D eigenvalue weighted by Gasteiger charge is 2.47. The average molecular weight is 486 g/mol. The molecule has 0 aliphatic heterocycles. The molecule has 0 saturated heterocycles. The number of rotatable bonds is 10. The lowest BCUT2D eigenvalue weighted by Crippen LogP contribution is -2.49. The van der Waals surface area contributed by atoms with Crippen LogP contribution in [-0.4, -0.2) is 28.8 Å². The Morgan fingerprint density at radius 2 is 1.78 bits per heavy atom. The van der Waals surface area contributed by atoms with Crippen LogP contribution in [0.2, 0.25) is 0 Å². The molecular weight excluding hydrogens is 450 g/mol. The number of benzene rings is 2. The summed E-state index contributed by atoms with van der Waals surface area (Å²) >= 11 is 0. The summed E-state index contributed by atoms with van der Waals surface area (Å²) in [7, 11) is 0. The van der Waals surface area contributed by atoms with Crippen LogP contribution in [0, 0.1) is 11.8 Å². The first-order chi connectivity index (χ1) is 17.7. The molecule has 6 nitrogen and oxygen atoms in total. The fourth-order valence-electron chi connectivity index (χ4n) is 5.76. The van der Waals surface area contributed by atoms with Crippen LogP contribution >= 0.6 is 0 Å². The molecule has 1 N–H and O–H groups in total. The average Bonchev–Trinajstić information content (AvgIpc) is 3.41. The Hall–Kier alpha value is -3.25. The molecule has 2 aromatic carbocycles. The molecule has 0 bridgehead atoms. The van der Waals surface area contributed by atoms with Gasteiger partial charge in [0.05, 0.1) is 12.0 Å². The molecule has 2 fully saturated rings. The van der Waals surface area contributed by atoms with E-state index in [2.05, 4.69) is 34.2 Å². The quantitative estimate of drug-likeness (QED) is 0.220. The van der Waals surface area contributed by atoms with Gasteiger partial charge in [0, 0.05) is 11.5 Å². The van der Waals surface area contributed by atoms with Crippen molar-refractivity contribution in [1.82, 2.24) is 15.5 Å². The fourth-order valence-corrected chi connectivity index (χ4v) is 5.76. The molecule has 188 valence electrons. The standard InChI is InChI=1S/C30H35N3O3/c1-2-22-20-26(35-29(34)30(17-10-5-11-18-30)24-14-8-4-9-15-24)25(22)16-19-31-21-27-32-33-28(36-27)23-12-6-3-7-13-23/h2-4,6-9,12-15,22,25-26,31H,1,5,10-11,16-21H2/t22?,25?,26-/m0/s1. The Morgan fingerprint density at radius 3 is 2.50 bits per heavy atom. The summed E-state index contributed by atoms with van der Waals surface area (Å²) in [4.78, 5) is 13.6. The lowest BCUT2D eigenvalue weighted by Gasteiger charge is -2.45. The van der Waals surface area contributed by atoms with Gasteiger partial charge < -0.3 is 14.5 Å². The number of nitrogens with zero attached hydrogens (tertiary/aromatic N) is 2. The van der Waals surface area contributed by atoms with Crippen LogP contribution in [0.15, 0.2) is 77.7 Å². The molecule has 2 aliphatic rings. The van der Waals surface area contributed by atoms with Crippen molar-refractivity contribution in [3.8, 4) is 11.5 Å². The van der Waals surface area contributed by atoms with Gasteiger partial charge in [0.25, 0.3) is 0 Å². The van der Waals surface area contributed by atoms with Crippen molar-refractivity contribution in [1.29, 1.82) is 0 Å². The van der Waals surface area contributed by atoms with Gasteiger partial charge in [0.2, 0.25) is 11.8 Å². The van der Waals surface area contributed by atoms with Gasteiger partial charge in [-0.3, -0.25) is 4.79 Å². The van der Waals surface area contributed by atoms with Crippen LogP contribution in [0.1, 0.15) is 56.4 Å². The predicted octanol–water partition coefficient (Wildman–Crippen LogP) is 5.85. The number of hydrogen-bond donors (Lipinski definition) is 1. The van der Waals surface area contributed by atoms with Crippen LogP contribution in [-0.2, 0) is 21.5 Å². The maximum absolute atomic E-state index is 13.6. The molecule has 3 aromatic rings. The van der Waals surface area contributed by atoms with Gasteiger partial charge in [0.1, 0.15) is 6.10 Å². The van der Waals surface area contributed by atoms with E-state index < -0.39 is 5.41 Å². The third kappa shape index (κ3) is 5.14. The van der Waals surface area contributed by atoms with Gasteiger partial charge in [-0.25, -0.2) is 0 Å². The SMILES string of the molecule is C=CC1C[C@H](OC(=O)C2(c3ccccc3)CCCCC2)C1CCNCc1nnc(-c2ccccc2)o1. The largest absolute Gasteiger partial charge is 0.461 e. The number of allylic oxidation sites excluding steroid dienone is 1. The number of esters is 1. The first kappa shape index (κ1) is 24.4. The molecule has 1 heterocycles. The Labute approximate surface area is 213 Å². The monoisotopic (exact) mass is 485 g/mol. The molecule has 2 aliphatic carbocycles. The highest BCUT2D eigenvalue weighted by Crippen LogP contribution is 2.45. The Balaban J connectivity index is 1.16. The summed E-state index contributed by atoms with van der Waals surface area (Å²) in [6.45, 7) is 5.29. The number of hydrogen-bond acceptors (Lipinski definition) is 6. The molecular formula is C30H35N3O3. The van der Waals surface area contributed by atoms with Crippen molar-refractivity contribution >= 4 is 5.97 Å². The zero-order chi connectivity index (χ0) is 24.8. The number of carbonyl (C=O) groups is 1. The second kappa shape index (κ2) is 11.2. The Bertz CT molecular complexity index is 1140. The van der Waals surface area contributed by atoms with Gasteiger partial charge in [-0.2, -0.15) is 0 Å². The van der Waals surface area contributed by atoms with Crippen molar-refractivity contribution in [2.45, 2.75) is 63.0 Å². The number of carbonyl (C=O) groups excluding carboxylic acids is 1. The summed E-state index contributed by atoms with van der Waals surface area (Å²) < 4.78 is 12.0. The molecule has 6 heteroatoms. The van der Waals surface area contributed by atoms with Gasteiger partial charge in [-0.15, -0.1) is 16.8 Å². The molecule has 2 unspecified atom stereocenters. The first-order valence-electron chi connectivity index (χ1n) is 13.2. The van der Waals surface area contributed by atoms with Gasteiger partial charge in [-0.05, 0) is 55.8 Å². The fraction of sp³-hybridized carbons (Fsp3) is 0.433. The molecule has 0 radical (unpaired) electrons. The summed E-state index contributed by atoms with van der Waals surface area (Å²) in [5.41, 5.74) is 1.51. The maximum atomic E-state index is 13.6. The predicted molar refractivity (Wildman–Crippen MR) is 139 cm³/mol. The van der Waals surface area contributed by atoms with Crippen molar-refractivity contribution in [3.05, 3.63) is 84.8 Å². The second-order valence-electron chi connectivity index (χ2n) is 10.1. The summed E-state index contributed by atoms with van der Waals surface area (Å²) in [5, 5.41) is 11.7. The van der Waals surface area contributed by atoms with Crippen molar-refractivity contribution in [3.63, 3.8) is 0 Å². The van der Waals surface area contributed by atoms with Crippen molar-refractivity contribution < 1.29 is 13.9 Å². The Morgan fingerprint density at radius 1 is 1.06 bits per heavy atom. The van der Waals surface area contributed by atoms with Crippen LogP contribution in [0.25, 0.3) is 11.5 Å². The summed E-state index contributed by atoms with van der Waals surface area (Å²) in [6.07, 6.45) is 8.76. The molecule has 0 spiro atoms. The van der Waals surface area contributed by atoms with E-state index in [1.54, 1.807) is 0 Å². The third-order valence-electron chi connectivity index (χ3n) is 7.94. The number of nitrogens with one attached hydrogen (secondary N) is 1. The molecule has 5 rings (SSSR count). The molecule has 36 heavy (non-hydrogen) atoms. The lowest BCUT2D eigenvalue weighted by molar-refractivity contribution is -0.170. The molecule has 3 atom stereocenters. The molecule has 1 aromatic heterocycles. The zero-order valence-electron chi connectivity index (χ0n) is 20.8. The van der Waals surface area contributed by atoms with Crippen molar-refractivity contribution in [2.75, 3.05) is 6.54 Å². The van der Waals surface area contributed by atoms with E-state index in [1.165, 1.54) is 6.42 Å². The normalized spacial score (nSPS) is 22.9. The smallest absolute Gasteiger partial charge is 0.316 e.